The fourth-order valence-electron chi connectivity index (χ4n) is 2.25. The van der Waals surface area contributed by atoms with Crippen molar-refractivity contribution in [3.8, 4) is 10.4 Å². The van der Waals surface area contributed by atoms with Gasteiger partial charge in [-0.15, -0.1) is 11.3 Å². The number of carbonyl (C=O) groups is 1. The zero-order valence-corrected chi connectivity index (χ0v) is 13.6. The number of thiophene rings is 1. The molecule has 0 bridgehead atoms. The number of rotatable bonds is 5. The van der Waals surface area contributed by atoms with Crippen molar-refractivity contribution in [1.82, 2.24) is 0 Å². The number of benzene rings is 2. The molecule has 0 atom stereocenters. The van der Waals surface area contributed by atoms with Crippen molar-refractivity contribution in [2.45, 2.75) is 6.92 Å². The summed E-state index contributed by atoms with van der Waals surface area (Å²) in [6, 6.07) is 21.8. The molecule has 1 aromatic heterocycles. The number of hydrogen-bond donors (Lipinski definition) is 1. The Bertz CT molecular complexity index is 782. The van der Waals surface area contributed by atoms with Crippen molar-refractivity contribution in [3.05, 3.63) is 71.6 Å². The Hall–Kier alpha value is -2.59. The third-order valence-corrected chi connectivity index (χ3v) is 4.47. The van der Waals surface area contributed by atoms with Crippen molar-refractivity contribution in [2.75, 3.05) is 11.9 Å². The van der Waals surface area contributed by atoms with Crippen LogP contribution in [0.3, 0.4) is 0 Å². The molecule has 4 heteroatoms. The second-order valence-corrected chi connectivity index (χ2v) is 5.98. The van der Waals surface area contributed by atoms with Crippen LogP contribution in [0.15, 0.2) is 66.7 Å². The summed E-state index contributed by atoms with van der Waals surface area (Å²) >= 11 is 1.44. The Kier molecular flexibility index (Phi) is 4.74. The van der Waals surface area contributed by atoms with E-state index in [9.17, 15) is 4.79 Å². The SMILES string of the molecule is CCOC(=O)c1sc(-c2ccccc2)cc1Nc1ccccc1. The summed E-state index contributed by atoms with van der Waals surface area (Å²) in [5, 5.41) is 3.31. The number of hydrogen-bond acceptors (Lipinski definition) is 4. The molecule has 0 saturated heterocycles. The minimum absolute atomic E-state index is 0.293. The molecule has 0 radical (unpaired) electrons. The van der Waals surface area contributed by atoms with Gasteiger partial charge in [0.1, 0.15) is 4.88 Å². The van der Waals surface area contributed by atoms with Crippen LogP contribution in [0.5, 0.6) is 0 Å². The van der Waals surface area contributed by atoms with E-state index in [2.05, 4.69) is 5.32 Å². The fraction of sp³-hybridized carbons (Fsp3) is 0.105. The normalized spacial score (nSPS) is 10.3. The highest BCUT2D eigenvalue weighted by atomic mass is 32.1. The highest BCUT2D eigenvalue weighted by Gasteiger charge is 2.18. The lowest BCUT2D eigenvalue weighted by atomic mass is 10.2. The van der Waals surface area contributed by atoms with Crippen molar-refractivity contribution < 1.29 is 9.53 Å². The predicted molar refractivity (Wildman–Crippen MR) is 95.4 cm³/mol. The molecule has 0 saturated carbocycles. The molecule has 2 aromatic carbocycles. The number of ether oxygens (including phenoxy) is 1. The summed E-state index contributed by atoms with van der Waals surface area (Å²) in [5.74, 6) is -0.293. The summed E-state index contributed by atoms with van der Waals surface area (Å²) in [7, 11) is 0. The standard InChI is InChI=1S/C19H17NO2S/c1-2-22-19(21)18-16(20-15-11-7-4-8-12-15)13-17(23-18)14-9-5-3-6-10-14/h3-13,20H,2H2,1H3. The van der Waals surface area contributed by atoms with E-state index in [-0.39, 0.29) is 5.97 Å². The molecule has 0 unspecified atom stereocenters. The van der Waals surface area contributed by atoms with E-state index in [1.54, 1.807) is 0 Å². The van der Waals surface area contributed by atoms with Gasteiger partial charge in [0.25, 0.3) is 0 Å². The van der Waals surface area contributed by atoms with Crippen LogP contribution in [0.4, 0.5) is 11.4 Å². The summed E-state index contributed by atoms with van der Waals surface area (Å²) in [5.41, 5.74) is 2.80. The molecular weight excluding hydrogens is 306 g/mol. The van der Waals surface area contributed by atoms with Crippen molar-refractivity contribution in [1.29, 1.82) is 0 Å². The molecule has 0 aliphatic heterocycles. The molecule has 3 rings (SSSR count). The van der Waals surface area contributed by atoms with E-state index in [0.717, 1.165) is 21.8 Å². The van der Waals surface area contributed by atoms with Gasteiger partial charge >= 0.3 is 5.97 Å². The van der Waals surface area contributed by atoms with Crippen LogP contribution >= 0.6 is 11.3 Å². The maximum atomic E-state index is 12.2. The molecule has 0 spiro atoms. The van der Waals surface area contributed by atoms with Gasteiger partial charge in [0, 0.05) is 10.6 Å². The average molecular weight is 323 g/mol. The highest BCUT2D eigenvalue weighted by molar-refractivity contribution is 7.18. The van der Waals surface area contributed by atoms with Crippen LogP contribution in [-0.2, 0) is 4.74 Å². The molecular formula is C19H17NO2S. The van der Waals surface area contributed by atoms with E-state index in [0.29, 0.717) is 11.5 Å². The zero-order valence-electron chi connectivity index (χ0n) is 12.8. The lowest BCUT2D eigenvalue weighted by Gasteiger charge is -2.06. The van der Waals surface area contributed by atoms with E-state index < -0.39 is 0 Å². The summed E-state index contributed by atoms with van der Waals surface area (Å²) < 4.78 is 5.19. The highest BCUT2D eigenvalue weighted by Crippen LogP contribution is 2.36. The topological polar surface area (TPSA) is 38.3 Å². The Balaban J connectivity index is 1.98. The van der Waals surface area contributed by atoms with E-state index in [1.807, 2.05) is 73.7 Å². The van der Waals surface area contributed by atoms with Crippen LogP contribution in [0.25, 0.3) is 10.4 Å². The monoisotopic (exact) mass is 323 g/mol. The molecule has 0 fully saturated rings. The molecule has 1 heterocycles. The summed E-state index contributed by atoms with van der Waals surface area (Å²) in [6.45, 7) is 2.18. The summed E-state index contributed by atoms with van der Waals surface area (Å²) in [4.78, 5) is 13.9. The fourth-order valence-corrected chi connectivity index (χ4v) is 3.27. The first-order valence-electron chi connectivity index (χ1n) is 7.46. The third-order valence-electron chi connectivity index (χ3n) is 3.30. The second kappa shape index (κ2) is 7.11. The van der Waals surface area contributed by atoms with Gasteiger partial charge in [-0.1, -0.05) is 48.5 Å². The van der Waals surface area contributed by atoms with Gasteiger partial charge in [0.15, 0.2) is 0 Å². The lowest BCUT2D eigenvalue weighted by molar-refractivity contribution is 0.0533. The quantitative estimate of drug-likeness (QED) is 0.644. The molecule has 0 aliphatic carbocycles. The maximum Gasteiger partial charge on any atom is 0.350 e. The molecule has 1 N–H and O–H groups in total. The number of nitrogens with one attached hydrogen (secondary N) is 1. The molecule has 3 aromatic rings. The van der Waals surface area contributed by atoms with Crippen LogP contribution in [0, 0.1) is 0 Å². The second-order valence-electron chi connectivity index (χ2n) is 4.93. The van der Waals surface area contributed by atoms with Crippen molar-refractivity contribution in [2.24, 2.45) is 0 Å². The Labute approximate surface area is 139 Å². The first-order chi connectivity index (χ1) is 11.3. The molecule has 116 valence electrons. The van der Waals surface area contributed by atoms with Crippen LogP contribution in [-0.4, -0.2) is 12.6 Å². The van der Waals surface area contributed by atoms with Gasteiger partial charge in [-0.2, -0.15) is 0 Å². The first-order valence-corrected chi connectivity index (χ1v) is 8.28. The lowest BCUT2D eigenvalue weighted by Crippen LogP contribution is -2.04. The first kappa shape index (κ1) is 15.3. The molecule has 0 amide bonds. The van der Waals surface area contributed by atoms with Crippen molar-refractivity contribution >= 4 is 28.7 Å². The number of carbonyl (C=O) groups excluding carboxylic acids is 1. The minimum Gasteiger partial charge on any atom is -0.462 e. The number of anilines is 2. The Morgan fingerprint density at radius 3 is 2.35 bits per heavy atom. The van der Waals surface area contributed by atoms with Gasteiger partial charge in [0.2, 0.25) is 0 Å². The molecule has 3 nitrogen and oxygen atoms in total. The predicted octanol–water partition coefficient (Wildman–Crippen LogP) is 5.34. The van der Waals surface area contributed by atoms with Gasteiger partial charge < -0.3 is 10.1 Å². The number of para-hydroxylation sites is 1. The van der Waals surface area contributed by atoms with Gasteiger partial charge in [-0.05, 0) is 30.7 Å². The van der Waals surface area contributed by atoms with Gasteiger partial charge in [0.05, 0.1) is 12.3 Å². The van der Waals surface area contributed by atoms with E-state index >= 15 is 0 Å². The smallest absolute Gasteiger partial charge is 0.350 e. The molecule has 0 aliphatic rings. The minimum atomic E-state index is -0.293. The number of esters is 1. The molecule has 23 heavy (non-hydrogen) atoms. The largest absolute Gasteiger partial charge is 0.462 e. The van der Waals surface area contributed by atoms with Crippen LogP contribution < -0.4 is 5.32 Å². The van der Waals surface area contributed by atoms with Gasteiger partial charge in [-0.25, -0.2) is 4.79 Å². The van der Waals surface area contributed by atoms with Crippen molar-refractivity contribution in [3.63, 3.8) is 0 Å². The van der Waals surface area contributed by atoms with E-state index in [1.165, 1.54) is 11.3 Å². The third kappa shape index (κ3) is 3.60. The Morgan fingerprint density at radius 2 is 1.70 bits per heavy atom. The van der Waals surface area contributed by atoms with Crippen LogP contribution in [0.1, 0.15) is 16.6 Å². The average Bonchev–Trinajstić information content (AvgIpc) is 3.01. The summed E-state index contributed by atoms with van der Waals surface area (Å²) in [6.07, 6.45) is 0. The Morgan fingerprint density at radius 1 is 1.04 bits per heavy atom. The van der Waals surface area contributed by atoms with E-state index in [4.69, 9.17) is 4.74 Å². The van der Waals surface area contributed by atoms with Crippen LogP contribution in [0.2, 0.25) is 0 Å². The maximum absolute atomic E-state index is 12.2. The zero-order chi connectivity index (χ0) is 16.1. The van der Waals surface area contributed by atoms with Gasteiger partial charge in [-0.3, -0.25) is 0 Å².